The Morgan fingerprint density at radius 3 is 1.11 bits per heavy atom. The largest absolute Gasteiger partial charge is 0.493 e. The Morgan fingerprint density at radius 1 is 0.415 bits per heavy atom. The Labute approximate surface area is 329 Å². The lowest BCUT2D eigenvalue weighted by Crippen LogP contribution is -2.26. The molecule has 0 spiro atoms. The molecule has 0 unspecified atom stereocenters. The van der Waals surface area contributed by atoms with Gasteiger partial charge in [-0.1, -0.05) is 220 Å². The number of hydrogen-bond donors (Lipinski definition) is 2. The van der Waals surface area contributed by atoms with Gasteiger partial charge in [-0.3, -0.25) is 9.59 Å². The van der Waals surface area contributed by atoms with Crippen molar-refractivity contribution in [2.45, 2.75) is 239 Å². The summed E-state index contributed by atoms with van der Waals surface area (Å²) in [5, 5.41) is 6.23. The first-order chi connectivity index (χ1) is 26.1. The maximum atomic E-state index is 13.3. The van der Waals surface area contributed by atoms with Crippen LogP contribution in [0.25, 0.3) is 0 Å². The van der Waals surface area contributed by atoms with Gasteiger partial charge in [0, 0.05) is 18.7 Å². The van der Waals surface area contributed by atoms with Crippen LogP contribution in [0.1, 0.15) is 260 Å². The van der Waals surface area contributed by atoms with E-state index >= 15 is 0 Å². The SMILES string of the molecule is CCCCCCCCCCCCCCNC(=O)c1ccc(C(=O)NCCCCCCCCCCCCCC)c(OCCCCCCCCCCCC)c1. The highest BCUT2D eigenvalue weighted by atomic mass is 16.5. The van der Waals surface area contributed by atoms with Crippen LogP contribution in [0, 0.1) is 0 Å². The minimum atomic E-state index is -0.102. The second kappa shape index (κ2) is 38.2. The number of hydrogen-bond acceptors (Lipinski definition) is 3. The molecule has 1 rings (SSSR count). The van der Waals surface area contributed by atoms with Crippen molar-refractivity contribution in [2.24, 2.45) is 0 Å². The molecule has 0 aliphatic heterocycles. The molecule has 308 valence electrons. The van der Waals surface area contributed by atoms with Gasteiger partial charge in [-0.25, -0.2) is 0 Å². The summed E-state index contributed by atoms with van der Waals surface area (Å²) < 4.78 is 6.22. The van der Waals surface area contributed by atoms with E-state index in [1.807, 2.05) is 0 Å². The van der Waals surface area contributed by atoms with Crippen LogP contribution in [0.2, 0.25) is 0 Å². The van der Waals surface area contributed by atoms with Gasteiger partial charge in [0.05, 0.1) is 12.2 Å². The van der Waals surface area contributed by atoms with Gasteiger partial charge >= 0.3 is 0 Å². The van der Waals surface area contributed by atoms with E-state index in [1.165, 1.54) is 180 Å². The standard InChI is InChI=1S/C48H88N2O3/c1-4-7-10-13-16-19-22-24-26-29-32-35-40-49-47(51)44-38-39-45(46(43-44)53-42-37-34-31-28-21-18-15-12-9-6-3)48(52)50-41-36-33-30-27-25-23-20-17-14-11-8-5-2/h38-39,43H,4-37,40-42H2,1-3H3,(H,49,51)(H,50,52). The Bertz CT molecular complexity index is 964. The lowest BCUT2D eigenvalue weighted by molar-refractivity contribution is 0.0937. The van der Waals surface area contributed by atoms with Crippen LogP contribution >= 0.6 is 0 Å². The van der Waals surface area contributed by atoms with Gasteiger partial charge in [-0.05, 0) is 37.5 Å². The normalized spacial score (nSPS) is 11.2. The third kappa shape index (κ3) is 29.9. The molecule has 5 nitrogen and oxygen atoms in total. The Hall–Kier alpha value is -2.04. The second-order valence-corrected chi connectivity index (χ2v) is 16.0. The van der Waals surface area contributed by atoms with Gasteiger partial charge in [0.2, 0.25) is 0 Å². The van der Waals surface area contributed by atoms with E-state index in [-0.39, 0.29) is 11.8 Å². The fourth-order valence-corrected chi connectivity index (χ4v) is 7.28. The molecule has 0 aromatic heterocycles. The van der Waals surface area contributed by atoms with E-state index in [4.69, 9.17) is 4.74 Å². The summed E-state index contributed by atoms with van der Waals surface area (Å²) in [4.78, 5) is 26.3. The molecule has 0 aliphatic carbocycles. The van der Waals surface area contributed by atoms with Crippen LogP contribution in [0.3, 0.4) is 0 Å². The molecule has 5 heteroatoms. The zero-order chi connectivity index (χ0) is 38.3. The molecule has 0 radical (unpaired) electrons. The first-order valence-corrected chi connectivity index (χ1v) is 23.5. The number of benzene rings is 1. The molecule has 0 fully saturated rings. The fraction of sp³-hybridized carbons (Fsp3) is 0.833. The van der Waals surface area contributed by atoms with Gasteiger partial charge in [-0.2, -0.15) is 0 Å². The predicted octanol–water partition coefficient (Wildman–Crippen LogP) is 14.8. The van der Waals surface area contributed by atoms with Crippen molar-refractivity contribution >= 4 is 11.8 Å². The number of carbonyl (C=O) groups is 2. The van der Waals surface area contributed by atoms with Gasteiger partial charge < -0.3 is 15.4 Å². The molecule has 1 aromatic rings. The van der Waals surface area contributed by atoms with Gasteiger partial charge in [0.25, 0.3) is 11.8 Å². The van der Waals surface area contributed by atoms with Crippen LogP contribution < -0.4 is 15.4 Å². The van der Waals surface area contributed by atoms with Crippen molar-refractivity contribution in [3.05, 3.63) is 29.3 Å². The topological polar surface area (TPSA) is 67.4 Å². The summed E-state index contributed by atoms with van der Waals surface area (Å²) in [5.74, 6) is 0.348. The van der Waals surface area contributed by atoms with E-state index in [1.54, 1.807) is 18.2 Å². The molecule has 0 atom stereocenters. The first kappa shape index (κ1) is 49.0. The van der Waals surface area contributed by atoms with Crippen LogP contribution in [-0.4, -0.2) is 31.5 Å². The molecule has 0 heterocycles. The van der Waals surface area contributed by atoms with E-state index in [0.29, 0.717) is 36.6 Å². The van der Waals surface area contributed by atoms with Crippen LogP contribution in [0.4, 0.5) is 0 Å². The van der Waals surface area contributed by atoms with Crippen molar-refractivity contribution in [3.63, 3.8) is 0 Å². The summed E-state index contributed by atoms with van der Waals surface area (Å²) >= 11 is 0. The average Bonchev–Trinajstić information content (AvgIpc) is 3.17. The van der Waals surface area contributed by atoms with Crippen LogP contribution in [-0.2, 0) is 0 Å². The van der Waals surface area contributed by atoms with Gasteiger partial charge in [0.15, 0.2) is 0 Å². The summed E-state index contributed by atoms with van der Waals surface area (Å²) in [6.45, 7) is 8.75. The molecule has 0 saturated heterocycles. The highest BCUT2D eigenvalue weighted by Crippen LogP contribution is 2.22. The van der Waals surface area contributed by atoms with E-state index < -0.39 is 0 Å². The molecule has 0 aliphatic rings. The van der Waals surface area contributed by atoms with Crippen molar-refractivity contribution in [2.75, 3.05) is 19.7 Å². The van der Waals surface area contributed by atoms with Crippen molar-refractivity contribution < 1.29 is 14.3 Å². The average molecular weight is 741 g/mol. The summed E-state index contributed by atoms with van der Waals surface area (Å²) in [6, 6.07) is 5.35. The van der Waals surface area contributed by atoms with E-state index in [9.17, 15) is 9.59 Å². The monoisotopic (exact) mass is 741 g/mol. The summed E-state index contributed by atoms with van der Waals surface area (Å²) in [5.41, 5.74) is 1.10. The number of unbranched alkanes of at least 4 members (excludes halogenated alkanes) is 31. The number of carbonyl (C=O) groups excluding carboxylic acids is 2. The van der Waals surface area contributed by atoms with Gasteiger partial charge in [0.1, 0.15) is 5.75 Å². The van der Waals surface area contributed by atoms with Crippen molar-refractivity contribution in [1.82, 2.24) is 10.6 Å². The lowest BCUT2D eigenvalue weighted by Gasteiger charge is -2.14. The Balaban J connectivity index is 2.44. The molecular formula is C48H88N2O3. The van der Waals surface area contributed by atoms with E-state index in [0.717, 1.165) is 38.5 Å². The molecule has 0 saturated carbocycles. The molecule has 2 N–H and O–H groups in total. The third-order valence-electron chi connectivity index (χ3n) is 10.9. The van der Waals surface area contributed by atoms with Crippen LogP contribution in [0.5, 0.6) is 5.75 Å². The number of ether oxygens (including phenoxy) is 1. The Morgan fingerprint density at radius 2 is 0.736 bits per heavy atom. The second-order valence-electron chi connectivity index (χ2n) is 16.0. The summed E-state index contributed by atoms with van der Waals surface area (Å²) in [6.07, 6.45) is 44.0. The highest BCUT2D eigenvalue weighted by molar-refractivity contribution is 6.00. The van der Waals surface area contributed by atoms with E-state index in [2.05, 4.69) is 31.4 Å². The smallest absolute Gasteiger partial charge is 0.255 e. The van der Waals surface area contributed by atoms with Crippen LogP contribution in [0.15, 0.2) is 18.2 Å². The van der Waals surface area contributed by atoms with Crippen molar-refractivity contribution in [3.8, 4) is 5.75 Å². The summed E-state index contributed by atoms with van der Waals surface area (Å²) in [7, 11) is 0. The fourth-order valence-electron chi connectivity index (χ4n) is 7.28. The predicted molar refractivity (Wildman–Crippen MR) is 231 cm³/mol. The zero-order valence-electron chi connectivity index (χ0n) is 35.6. The molecule has 1 aromatic carbocycles. The maximum absolute atomic E-state index is 13.3. The van der Waals surface area contributed by atoms with Gasteiger partial charge in [-0.15, -0.1) is 0 Å². The number of amides is 2. The minimum absolute atomic E-state index is 0.0830. The highest BCUT2D eigenvalue weighted by Gasteiger charge is 2.16. The third-order valence-corrected chi connectivity index (χ3v) is 10.9. The Kier molecular flexibility index (Phi) is 35.3. The lowest BCUT2D eigenvalue weighted by atomic mass is 10.1. The zero-order valence-corrected chi connectivity index (χ0v) is 35.6. The molecular weight excluding hydrogens is 653 g/mol. The first-order valence-electron chi connectivity index (χ1n) is 23.5. The number of nitrogens with one attached hydrogen (secondary N) is 2. The quantitative estimate of drug-likeness (QED) is 0.0658. The maximum Gasteiger partial charge on any atom is 0.255 e. The number of rotatable bonds is 40. The molecule has 2 amide bonds. The molecule has 53 heavy (non-hydrogen) atoms. The molecule has 0 bridgehead atoms. The van der Waals surface area contributed by atoms with Crippen molar-refractivity contribution in [1.29, 1.82) is 0 Å². The minimum Gasteiger partial charge on any atom is -0.493 e.